The zero-order valence-electron chi connectivity index (χ0n) is 9.43. The summed E-state index contributed by atoms with van der Waals surface area (Å²) in [5, 5.41) is 0. The summed E-state index contributed by atoms with van der Waals surface area (Å²) < 4.78 is 5.85. The third kappa shape index (κ3) is 2.71. The van der Waals surface area contributed by atoms with Crippen LogP contribution in [0.4, 0.5) is 0 Å². The Balaban J connectivity index is 3.25. The molecule has 0 aliphatic carbocycles. The highest BCUT2D eigenvalue weighted by molar-refractivity contribution is 14.1. The number of hydrogen-bond acceptors (Lipinski definition) is 2. The van der Waals surface area contributed by atoms with E-state index in [-0.39, 0.29) is 5.97 Å². The van der Waals surface area contributed by atoms with E-state index < -0.39 is 0 Å². The normalized spacial score (nSPS) is 10.5. The first kappa shape index (κ1) is 12.5. The van der Waals surface area contributed by atoms with Crippen molar-refractivity contribution in [1.82, 2.24) is 0 Å². The molecule has 0 aliphatic rings. The summed E-state index contributed by atoms with van der Waals surface area (Å²) in [5.41, 5.74) is 2.91. The number of hydrogen-bond donors (Lipinski definition) is 0. The monoisotopic (exact) mass is 318 g/mol. The second-order valence-electron chi connectivity index (χ2n) is 3.83. The van der Waals surface area contributed by atoms with E-state index in [1.54, 1.807) is 0 Å². The van der Waals surface area contributed by atoms with Crippen molar-refractivity contribution in [3.63, 3.8) is 0 Å². The minimum Gasteiger partial charge on any atom is -0.465 e. The molecule has 15 heavy (non-hydrogen) atoms. The Morgan fingerprint density at radius 1 is 1.40 bits per heavy atom. The van der Waals surface area contributed by atoms with E-state index in [9.17, 15) is 4.79 Å². The maximum Gasteiger partial charge on any atom is 0.338 e. The summed E-state index contributed by atoms with van der Waals surface area (Å²) in [6.45, 7) is 6.23. The van der Waals surface area contributed by atoms with Crippen molar-refractivity contribution in [2.75, 3.05) is 7.11 Å². The molecular weight excluding hydrogens is 303 g/mol. The summed E-state index contributed by atoms with van der Waals surface area (Å²) in [6, 6.07) is 3.97. The molecule has 0 aliphatic heterocycles. The molecule has 3 heteroatoms. The van der Waals surface area contributed by atoms with Gasteiger partial charge >= 0.3 is 5.97 Å². The van der Waals surface area contributed by atoms with Gasteiger partial charge in [0.1, 0.15) is 0 Å². The smallest absolute Gasteiger partial charge is 0.338 e. The molecule has 0 fully saturated rings. The van der Waals surface area contributed by atoms with Gasteiger partial charge < -0.3 is 4.74 Å². The Kier molecular flexibility index (Phi) is 4.13. The minimum atomic E-state index is -0.263. The molecule has 0 aromatic heterocycles. The molecule has 0 heterocycles. The average molecular weight is 318 g/mol. The largest absolute Gasteiger partial charge is 0.465 e. The van der Waals surface area contributed by atoms with Crippen LogP contribution in [0.3, 0.4) is 0 Å². The van der Waals surface area contributed by atoms with Gasteiger partial charge in [0.2, 0.25) is 0 Å². The fourth-order valence-corrected chi connectivity index (χ4v) is 2.57. The second kappa shape index (κ2) is 4.96. The number of carbonyl (C=O) groups excluding carboxylic acids is 1. The third-order valence-corrected chi connectivity index (χ3v) is 3.31. The van der Waals surface area contributed by atoms with Gasteiger partial charge in [-0.1, -0.05) is 19.9 Å². The van der Waals surface area contributed by atoms with E-state index in [4.69, 9.17) is 4.74 Å². The maximum absolute atomic E-state index is 11.4. The predicted octanol–water partition coefficient (Wildman–Crippen LogP) is 3.51. The van der Waals surface area contributed by atoms with E-state index in [0.717, 1.165) is 9.13 Å². The second-order valence-corrected chi connectivity index (χ2v) is 5.00. The molecule has 2 nitrogen and oxygen atoms in total. The molecule has 0 saturated heterocycles. The molecular formula is C12H15IO2. The van der Waals surface area contributed by atoms with Crippen LogP contribution in [0.15, 0.2) is 12.1 Å². The average Bonchev–Trinajstić information content (AvgIpc) is 2.19. The molecule has 0 radical (unpaired) electrons. The zero-order valence-corrected chi connectivity index (χ0v) is 11.6. The van der Waals surface area contributed by atoms with Crippen molar-refractivity contribution in [2.45, 2.75) is 26.7 Å². The van der Waals surface area contributed by atoms with Crippen LogP contribution in [0.5, 0.6) is 0 Å². The van der Waals surface area contributed by atoms with Crippen LogP contribution in [-0.2, 0) is 4.74 Å². The number of methoxy groups -OCH3 is 1. The van der Waals surface area contributed by atoms with Crippen molar-refractivity contribution in [1.29, 1.82) is 0 Å². The Bertz CT molecular complexity index is 383. The number of ether oxygens (including phenoxy) is 1. The first-order valence-corrected chi connectivity index (χ1v) is 5.93. The highest BCUT2D eigenvalue weighted by atomic mass is 127. The summed E-state index contributed by atoms with van der Waals surface area (Å²) in [4.78, 5) is 11.4. The van der Waals surface area contributed by atoms with Crippen LogP contribution >= 0.6 is 22.6 Å². The van der Waals surface area contributed by atoms with Gasteiger partial charge in [-0.05, 0) is 52.6 Å². The van der Waals surface area contributed by atoms with Gasteiger partial charge in [0.15, 0.2) is 0 Å². The number of aryl methyl sites for hydroxylation is 1. The van der Waals surface area contributed by atoms with E-state index in [1.165, 1.54) is 12.7 Å². The first-order chi connectivity index (χ1) is 6.97. The molecule has 0 atom stereocenters. The molecule has 1 rings (SSSR count). The molecule has 0 spiro atoms. The SMILES string of the molecule is COC(=O)c1cc(I)c(C(C)C)cc1C. The molecule has 0 amide bonds. The fourth-order valence-electron chi connectivity index (χ4n) is 1.48. The van der Waals surface area contributed by atoms with Crippen LogP contribution in [0.2, 0.25) is 0 Å². The minimum absolute atomic E-state index is 0.263. The van der Waals surface area contributed by atoms with Crippen molar-refractivity contribution in [2.24, 2.45) is 0 Å². The quantitative estimate of drug-likeness (QED) is 0.616. The Labute approximate surface area is 104 Å². The summed E-state index contributed by atoms with van der Waals surface area (Å²) >= 11 is 2.26. The van der Waals surface area contributed by atoms with Gasteiger partial charge in [-0.15, -0.1) is 0 Å². The summed E-state index contributed by atoms with van der Waals surface area (Å²) in [5.74, 6) is 0.211. The van der Waals surface area contributed by atoms with Crippen LogP contribution in [0.1, 0.15) is 41.3 Å². The molecule has 1 aromatic carbocycles. The number of halogens is 1. The number of carbonyl (C=O) groups is 1. The maximum atomic E-state index is 11.4. The summed E-state index contributed by atoms with van der Waals surface area (Å²) in [7, 11) is 1.41. The van der Waals surface area contributed by atoms with Gasteiger partial charge in [0.05, 0.1) is 12.7 Å². The Hall–Kier alpha value is -0.580. The number of rotatable bonds is 2. The van der Waals surface area contributed by atoms with Gasteiger partial charge in [-0.25, -0.2) is 4.79 Å². The lowest BCUT2D eigenvalue weighted by molar-refractivity contribution is 0.0600. The van der Waals surface area contributed by atoms with Crippen LogP contribution in [-0.4, -0.2) is 13.1 Å². The van der Waals surface area contributed by atoms with Crippen molar-refractivity contribution >= 4 is 28.6 Å². The molecule has 0 saturated carbocycles. The Morgan fingerprint density at radius 3 is 2.47 bits per heavy atom. The van der Waals surface area contributed by atoms with E-state index >= 15 is 0 Å². The molecule has 1 aromatic rings. The highest BCUT2D eigenvalue weighted by Crippen LogP contribution is 2.25. The molecule has 0 N–H and O–H groups in total. The van der Waals surface area contributed by atoms with Crippen LogP contribution < -0.4 is 0 Å². The van der Waals surface area contributed by atoms with Crippen LogP contribution in [0, 0.1) is 10.5 Å². The number of esters is 1. The lowest BCUT2D eigenvalue weighted by atomic mass is 9.98. The molecule has 0 unspecified atom stereocenters. The lowest BCUT2D eigenvalue weighted by Crippen LogP contribution is -2.06. The van der Waals surface area contributed by atoms with Gasteiger partial charge in [-0.3, -0.25) is 0 Å². The van der Waals surface area contributed by atoms with Crippen molar-refractivity contribution in [3.05, 3.63) is 32.4 Å². The molecule has 0 bridgehead atoms. The molecule has 82 valence electrons. The van der Waals surface area contributed by atoms with E-state index in [2.05, 4.69) is 42.5 Å². The van der Waals surface area contributed by atoms with Gasteiger partial charge in [-0.2, -0.15) is 0 Å². The van der Waals surface area contributed by atoms with E-state index in [1.807, 2.05) is 13.0 Å². The van der Waals surface area contributed by atoms with Crippen molar-refractivity contribution in [3.8, 4) is 0 Å². The van der Waals surface area contributed by atoms with Gasteiger partial charge in [0, 0.05) is 3.57 Å². The lowest BCUT2D eigenvalue weighted by Gasteiger charge is -2.12. The van der Waals surface area contributed by atoms with Crippen molar-refractivity contribution < 1.29 is 9.53 Å². The summed E-state index contributed by atoms with van der Waals surface area (Å²) in [6.07, 6.45) is 0. The topological polar surface area (TPSA) is 26.3 Å². The number of benzene rings is 1. The van der Waals surface area contributed by atoms with E-state index in [0.29, 0.717) is 11.5 Å². The highest BCUT2D eigenvalue weighted by Gasteiger charge is 2.13. The first-order valence-electron chi connectivity index (χ1n) is 4.85. The fraction of sp³-hybridized carbons (Fsp3) is 0.417. The Morgan fingerprint density at radius 2 is 2.00 bits per heavy atom. The standard InChI is InChI=1S/C12H15IO2/c1-7(2)9-5-8(3)10(6-11(9)13)12(14)15-4/h5-7H,1-4H3. The van der Waals surface area contributed by atoms with Gasteiger partial charge in [0.25, 0.3) is 0 Å². The zero-order chi connectivity index (χ0) is 11.6. The predicted molar refractivity (Wildman–Crippen MR) is 69.3 cm³/mol. The van der Waals surface area contributed by atoms with Crippen LogP contribution in [0.25, 0.3) is 0 Å². The third-order valence-electron chi connectivity index (χ3n) is 2.37.